The molecule has 8 nitrogen and oxygen atoms in total. The van der Waals surface area contributed by atoms with Gasteiger partial charge in [0.2, 0.25) is 0 Å². The zero-order chi connectivity index (χ0) is 26.7. The van der Waals surface area contributed by atoms with Gasteiger partial charge in [0.1, 0.15) is 27.4 Å². The Morgan fingerprint density at radius 3 is 1.81 bits per heavy atom. The van der Waals surface area contributed by atoms with Crippen molar-refractivity contribution in [2.24, 2.45) is 11.8 Å². The third-order valence-corrected chi connectivity index (χ3v) is 6.54. The number of pyridine rings is 2. The molecule has 4 rings (SSSR count). The van der Waals surface area contributed by atoms with Gasteiger partial charge in [0.05, 0.1) is 25.6 Å². The monoisotopic (exact) mass is 552 g/mol. The van der Waals surface area contributed by atoms with E-state index in [2.05, 4.69) is 15.3 Å². The van der Waals surface area contributed by atoms with Crippen LogP contribution in [0, 0.1) is 11.8 Å². The summed E-state index contributed by atoms with van der Waals surface area (Å²) in [5.41, 5.74) is -0.446. The molecule has 0 radical (unpaired) electrons. The highest BCUT2D eigenvalue weighted by Gasteiger charge is 2.27. The third kappa shape index (κ3) is 11.3. The van der Waals surface area contributed by atoms with Gasteiger partial charge in [-0.2, -0.15) is 0 Å². The van der Waals surface area contributed by atoms with Crippen LogP contribution < -0.4 is 14.8 Å². The molecule has 2 aromatic heterocycles. The van der Waals surface area contributed by atoms with E-state index >= 15 is 0 Å². The lowest BCUT2D eigenvalue weighted by Gasteiger charge is -2.33. The maximum absolute atomic E-state index is 12.0. The summed E-state index contributed by atoms with van der Waals surface area (Å²) in [5, 5.41) is 4.30. The quantitative estimate of drug-likeness (QED) is 0.448. The Kier molecular flexibility index (Phi) is 11.5. The largest absolute Gasteiger partial charge is 0.492 e. The number of nitrogens with zero attached hydrogens (tertiary/aromatic N) is 3. The number of hydrogen-bond acceptors (Lipinski definition) is 7. The first-order valence-electron chi connectivity index (χ1n) is 12.9. The van der Waals surface area contributed by atoms with Crippen LogP contribution in [0.5, 0.6) is 11.5 Å². The summed E-state index contributed by atoms with van der Waals surface area (Å²) in [6.45, 7) is 10.7. The average molecular weight is 554 g/mol. The summed E-state index contributed by atoms with van der Waals surface area (Å²) in [4.78, 5) is 21.7. The number of hydrogen-bond donors (Lipinski definition) is 1. The molecule has 2 aliphatic rings. The van der Waals surface area contributed by atoms with Crippen LogP contribution in [0.4, 0.5) is 4.79 Å². The lowest BCUT2D eigenvalue weighted by atomic mass is 9.98. The molecule has 0 atom stereocenters. The van der Waals surface area contributed by atoms with E-state index in [4.69, 9.17) is 37.4 Å². The SMILES string of the molecule is CC(C)(C)OC(=O)N1CCC(COc2ccc(Cl)nc2)CC1.Clc1ccc(OCC2CCNCC2)cn1. The molecular weight excluding hydrogens is 515 g/mol. The van der Waals surface area contributed by atoms with Crippen molar-refractivity contribution in [2.75, 3.05) is 39.4 Å². The fraction of sp³-hybridized carbons (Fsp3) is 0.593. The zero-order valence-electron chi connectivity index (χ0n) is 21.9. The second-order valence-electron chi connectivity index (χ2n) is 10.4. The minimum atomic E-state index is -0.446. The number of ether oxygens (including phenoxy) is 3. The number of amides is 1. The molecule has 37 heavy (non-hydrogen) atoms. The van der Waals surface area contributed by atoms with Crippen molar-refractivity contribution in [1.29, 1.82) is 0 Å². The van der Waals surface area contributed by atoms with Crippen LogP contribution >= 0.6 is 23.2 Å². The van der Waals surface area contributed by atoms with Gasteiger partial charge in [0.25, 0.3) is 0 Å². The Balaban J connectivity index is 0.000000220. The van der Waals surface area contributed by atoms with Crippen molar-refractivity contribution in [3.05, 3.63) is 47.0 Å². The summed E-state index contributed by atoms with van der Waals surface area (Å²) >= 11 is 11.4. The molecule has 2 fully saturated rings. The first-order chi connectivity index (χ1) is 17.7. The Labute approximate surface area is 230 Å². The summed E-state index contributed by atoms with van der Waals surface area (Å²) in [6, 6.07) is 7.13. The molecule has 0 aliphatic carbocycles. The number of nitrogens with one attached hydrogen (secondary N) is 1. The minimum absolute atomic E-state index is 0.228. The molecule has 2 aliphatic heterocycles. The Morgan fingerprint density at radius 1 is 0.892 bits per heavy atom. The highest BCUT2D eigenvalue weighted by atomic mass is 35.5. The summed E-state index contributed by atoms with van der Waals surface area (Å²) in [5.74, 6) is 2.63. The van der Waals surface area contributed by atoms with E-state index in [-0.39, 0.29) is 6.09 Å². The van der Waals surface area contributed by atoms with E-state index < -0.39 is 5.60 Å². The average Bonchev–Trinajstić information content (AvgIpc) is 2.88. The van der Waals surface area contributed by atoms with Crippen LogP contribution in [-0.2, 0) is 4.74 Å². The van der Waals surface area contributed by atoms with Crippen LogP contribution in [0.15, 0.2) is 36.7 Å². The van der Waals surface area contributed by atoms with Crippen molar-refractivity contribution < 1.29 is 19.0 Å². The van der Waals surface area contributed by atoms with Crippen LogP contribution in [0.25, 0.3) is 0 Å². The van der Waals surface area contributed by atoms with E-state index in [1.54, 1.807) is 29.4 Å². The number of rotatable bonds is 6. The lowest BCUT2D eigenvalue weighted by molar-refractivity contribution is 0.0165. The maximum Gasteiger partial charge on any atom is 0.410 e. The number of piperidine rings is 2. The third-order valence-electron chi connectivity index (χ3n) is 6.10. The van der Waals surface area contributed by atoms with Crippen molar-refractivity contribution in [3.63, 3.8) is 0 Å². The topological polar surface area (TPSA) is 85.8 Å². The molecule has 1 N–H and O–H groups in total. The Morgan fingerprint density at radius 2 is 1.38 bits per heavy atom. The highest BCUT2D eigenvalue weighted by Crippen LogP contribution is 2.22. The van der Waals surface area contributed by atoms with Crippen LogP contribution in [0.1, 0.15) is 46.5 Å². The molecule has 4 heterocycles. The van der Waals surface area contributed by atoms with Gasteiger partial charge in [-0.1, -0.05) is 23.2 Å². The molecule has 2 saturated heterocycles. The standard InChI is InChI=1S/C16H23ClN2O3.C11H15ClN2O/c1-16(2,3)22-15(20)19-8-6-12(7-9-19)11-21-13-4-5-14(17)18-10-13;12-11-2-1-10(7-14-11)15-8-9-3-5-13-6-4-9/h4-5,10,12H,6-9,11H2,1-3H3;1-2,7,9,13H,3-6,8H2. The molecule has 0 spiro atoms. The Hall–Kier alpha value is -2.29. The minimum Gasteiger partial charge on any atom is -0.492 e. The summed E-state index contributed by atoms with van der Waals surface area (Å²) in [7, 11) is 0. The van der Waals surface area contributed by atoms with Gasteiger partial charge >= 0.3 is 6.09 Å². The van der Waals surface area contributed by atoms with E-state index in [1.165, 1.54) is 12.8 Å². The van der Waals surface area contributed by atoms with Crippen molar-refractivity contribution in [3.8, 4) is 11.5 Å². The molecule has 0 aromatic carbocycles. The first-order valence-corrected chi connectivity index (χ1v) is 13.6. The lowest BCUT2D eigenvalue weighted by Crippen LogP contribution is -2.42. The summed E-state index contributed by atoms with van der Waals surface area (Å²) < 4.78 is 16.8. The van der Waals surface area contributed by atoms with Gasteiger partial charge in [-0.25, -0.2) is 14.8 Å². The van der Waals surface area contributed by atoms with E-state index in [9.17, 15) is 4.79 Å². The fourth-order valence-electron chi connectivity index (χ4n) is 3.98. The van der Waals surface area contributed by atoms with Crippen molar-refractivity contribution in [1.82, 2.24) is 20.2 Å². The van der Waals surface area contributed by atoms with Gasteiger partial charge < -0.3 is 24.4 Å². The van der Waals surface area contributed by atoms with Gasteiger partial charge in [0, 0.05) is 13.1 Å². The van der Waals surface area contributed by atoms with E-state index in [1.807, 2.05) is 32.9 Å². The van der Waals surface area contributed by atoms with Gasteiger partial charge in [0.15, 0.2) is 0 Å². The Bertz CT molecular complexity index is 940. The molecule has 10 heteroatoms. The maximum atomic E-state index is 12.0. The molecule has 1 amide bonds. The van der Waals surface area contributed by atoms with Gasteiger partial charge in [-0.15, -0.1) is 0 Å². The normalized spacial score (nSPS) is 16.9. The fourth-order valence-corrected chi connectivity index (χ4v) is 4.20. The van der Waals surface area contributed by atoms with Crippen LogP contribution in [0.3, 0.4) is 0 Å². The van der Waals surface area contributed by atoms with Gasteiger partial charge in [-0.05, 0) is 95.6 Å². The molecule has 0 unspecified atom stereocenters. The predicted molar refractivity (Wildman–Crippen MR) is 146 cm³/mol. The summed E-state index contributed by atoms with van der Waals surface area (Å²) in [6.07, 6.45) is 7.29. The van der Waals surface area contributed by atoms with E-state index in [0.29, 0.717) is 41.8 Å². The van der Waals surface area contributed by atoms with Gasteiger partial charge in [-0.3, -0.25) is 0 Å². The highest BCUT2D eigenvalue weighted by molar-refractivity contribution is 6.29. The van der Waals surface area contributed by atoms with Crippen molar-refractivity contribution in [2.45, 2.75) is 52.1 Å². The second-order valence-corrected chi connectivity index (χ2v) is 11.1. The van der Waals surface area contributed by atoms with Crippen LogP contribution in [0.2, 0.25) is 10.3 Å². The first kappa shape index (κ1) is 29.3. The second kappa shape index (κ2) is 14.6. The number of halogens is 2. The smallest absolute Gasteiger partial charge is 0.410 e. The molecule has 0 saturated carbocycles. The molecule has 204 valence electrons. The zero-order valence-corrected chi connectivity index (χ0v) is 23.4. The van der Waals surface area contributed by atoms with E-state index in [0.717, 1.165) is 44.0 Å². The molecular formula is C27H38Cl2N4O4. The van der Waals surface area contributed by atoms with Crippen LogP contribution in [-0.4, -0.2) is 66.0 Å². The predicted octanol–water partition coefficient (Wildman–Crippen LogP) is 5.87. The number of likely N-dealkylation sites (tertiary alicyclic amines) is 1. The number of aromatic nitrogens is 2. The number of carbonyl (C=O) groups is 1. The number of carbonyl (C=O) groups excluding carboxylic acids is 1. The van der Waals surface area contributed by atoms with Crippen molar-refractivity contribution >= 4 is 29.3 Å². The molecule has 0 bridgehead atoms. The molecule has 2 aromatic rings.